The first kappa shape index (κ1) is 21.3. The fourth-order valence-electron chi connectivity index (χ4n) is 3.22. The SMILES string of the molecule is COC(=O)NCCOc1ccc2oc(-c3cc(C)cc4nc(OC(F)F)cnc34)cc2c1. The molecule has 0 unspecified atom stereocenters. The van der Waals surface area contributed by atoms with E-state index in [9.17, 15) is 13.6 Å². The maximum absolute atomic E-state index is 12.5. The predicted molar refractivity (Wildman–Crippen MR) is 112 cm³/mol. The van der Waals surface area contributed by atoms with Gasteiger partial charge in [-0.15, -0.1) is 0 Å². The van der Waals surface area contributed by atoms with Crippen LogP contribution in [0.5, 0.6) is 11.6 Å². The molecule has 0 bridgehead atoms. The van der Waals surface area contributed by atoms with Crippen LogP contribution in [0.2, 0.25) is 0 Å². The van der Waals surface area contributed by atoms with Crippen molar-refractivity contribution in [3.05, 3.63) is 48.2 Å². The van der Waals surface area contributed by atoms with E-state index in [0.717, 1.165) is 17.1 Å². The monoisotopic (exact) mass is 443 g/mol. The number of rotatable bonds is 7. The zero-order valence-corrected chi connectivity index (χ0v) is 17.2. The smallest absolute Gasteiger partial charge is 0.406 e. The van der Waals surface area contributed by atoms with Gasteiger partial charge in [0.2, 0.25) is 5.88 Å². The fourth-order valence-corrected chi connectivity index (χ4v) is 3.22. The normalized spacial score (nSPS) is 11.2. The Morgan fingerprint density at radius 2 is 2.06 bits per heavy atom. The van der Waals surface area contributed by atoms with Gasteiger partial charge in [-0.2, -0.15) is 8.78 Å². The number of ether oxygens (including phenoxy) is 3. The van der Waals surface area contributed by atoms with E-state index in [0.29, 0.717) is 40.2 Å². The third-order valence-corrected chi connectivity index (χ3v) is 4.56. The third kappa shape index (κ3) is 4.69. The number of alkyl carbamates (subject to hydrolysis) is 1. The first-order valence-corrected chi connectivity index (χ1v) is 9.64. The Balaban J connectivity index is 1.61. The van der Waals surface area contributed by atoms with Gasteiger partial charge in [0.1, 0.15) is 23.7 Å². The van der Waals surface area contributed by atoms with Crippen molar-refractivity contribution >= 4 is 28.1 Å². The van der Waals surface area contributed by atoms with Gasteiger partial charge in [-0.3, -0.25) is 0 Å². The number of methoxy groups -OCH3 is 1. The lowest BCUT2D eigenvalue weighted by atomic mass is 10.1. The number of benzene rings is 2. The molecule has 0 spiro atoms. The Labute approximate surface area is 181 Å². The number of nitrogens with one attached hydrogen (secondary N) is 1. The van der Waals surface area contributed by atoms with Crippen molar-refractivity contribution in [1.82, 2.24) is 15.3 Å². The van der Waals surface area contributed by atoms with Gasteiger partial charge < -0.3 is 23.9 Å². The van der Waals surface area contributed by atoms with Crippen LogP contribution in [-0.4, -0.2) is 42.9 Å². The van der Waals surface area contributed by atoms with E-state index in [2.05, 4.69) is 24.8 Å². The van der Waals surface area contributed by atoms with Gasteiger partial charge in [0.25, 0.3) is 0 Å². The number of hydrogen-bond donors (Lipinski definition) is 1. The molecule has 1 amide bonds. The van der Waals surface area contributed by atoms with Crippen LogP contribution in [0.15, 0.2) is 47.0 Å². The summed E-state index contributed by atoms with van der Waals surface area (Å²) in [5.41, 5.74) is 3.10. The standard InChI is InChI=1S/C22H19F2N3O5/c1-12-7-15(20-16(8-12)27-19(11-26-20)32-21(23)24)18-10-13-9-14(3-4-17(13)31-18)30-6-5-25-22(28)29-2/h3-4,7-11,21H,5-6H2,1-2H3,(H,25,28). The minimum Gasteiger partial charge on any atom is -0.492 e. The molecule has 10 heteroatoms. The zero-order chi connectivity index (χ0) is 22.7. The van der Waals surface area contributed by atoms with E-state index in [1.165, 1.54) is 7.11 Å². The lowest BCUT2D eigenvalue weighted by Crippen LogP contribution is -2.27. The molecular weight excluding hydrogens is 424 g/mol. The summed E-state index contributed by atoms with van der Waals surface area (Å²) in [6, 6.07) is 10.8. The summed E-state index contributed by atoms with van der Waals surface area (Å²) < 4.78 is 45.5. The summed E-state index contributed by atoms with van der Waals surface area (Å²) in [7, 11) is 1.29. The van der Waals surface area contributed by atoms with Crippen molar-refractivity contribution in [2.45, 2.75) is 13.5 Å². The van der Waals surface area contributed by atoms with E-state index in [1.54, 1.807) is 18.2 Å². The number of hydrogen-bond acceptors (Lipinski definition) is 7. The first-order valence-electron chi connectivity index (χ1n) is 9.64. The van der Waals surface area contributed by atoms with Gasteiger partial charge >= 0.3 is 12.7 Å². The summed E-state index contributed by atoms with van der Waals surface area (Å²) >= 11 is 0. The molecule has 0 fully saturated rings. The van der Waals surface area contributed by atoms with Gasteiger partial charge in [-0.05, 0) is 48.9 Å². The number of halogens is 2. The molecule has 4 rings (SSSR count). The van der Waals surface area contributed by atoms with Gasteiger partial charge in [-0.1, -0.05) is 0 Å². The van der Waals surface area contributed by atoms with Crippen molar-refractivity contribution in [2.75, 3.05) is 20.3 Å². The van der Waals surface area contributed by atoms with E-state index >= 15 is 0 Å². The average Bonchev–Trinajstić information content (AvgIpc) is 3.18. The largest absolute Gasteiger partial charge is 0.492 e. The van der Waals surface area contributed by atoms with E-state index in [-0.39, 0.29) is 12.5 Å². The number of nitrogens with zero attached hydrogens (tertiary/aromatic N) is 2. The average molecular weight is 443 g/mol. The second-order valence-corrected chi connectivity index (χ2v) is 6.84. The predicted octanol–water partition coefficient (Wildman–Crippen LogP) is 4.69. The van der Waals surface area contributed by atoms with Crippen molar-refractivity contribution in [3.8, 4) is 23.0 Å². The first-order chi connectivity index (χ1) is 15.4. The molecule has 0 saturated carbocycles. The van der Waals surface area contributed by atoms with Crippen molar-refractivity contribution in [3.63, 3.8) is 0 Å². The Kier molecular flexibility index (Phi) is 6.02. The van der Waals surface area contributed by atoms with Gasteiger partial charge in [0, 0.05) is 10.9 Å². The number of amides is 1. The Morgan fingerprint density at radius 1 is 1.22 bits per heavy atom. The second kappa shape index (κ2) is 9.04. The summed E-state index contributed by atoms with van der Waals surface area (Å²) in [5, 5.41) is 3.34. The van der Waals surface area contributed by atoms with Crippen LogP contribution in [0.4, 0.5) is 13.6 Å². The Hall–Kier alpha value is -3.95. The van der Waals surface area contributed by atoms with Crippen LogP contribution < -0.4 is 14.8 Å². The quantitative estimate of drug-likeness (QED) is 0.414. The number of aromatic nitrogens is 2. The molecule has 2 aromatic carbocycles. The highest BCUT2D eigenvalue weighted by Crippen LogP contribution is 2.34. The molecule has 0 radical (unpaired) electrons. The Morgan fingerprint density at radius 3 is 2.84 bits per heavy atom. The summed E-state index contributed by atoms with van der Waals surface area (Å²) in [6.07, 6.45) is 0.634. The molecule has 0 aliphatic rings. The molecule has 0 atom stereocenters. The fraction of sp³-hybridized carbons (Fsp3) is 0.227. The summed E-state index contributed by atoms with van der Waals surface area (Å²) in [5.74, 6) is 0.909. The molecule has 0 aliphatic carbocycles. The number of alkyl halides is 2. The highest BCUT2D eigenvalue weighted by atomic mass is 19.3. The third-order valence-electron chi connectivity index (χ3n) is 4.56. The number of furan rings is 1. The number of fused-ring (bicyclic) bond motifs is 2. The highest BCUT2D eigenvalue weighted by Gasteiger charge is 2.15. The van der Waals surface area contributed by atoms with Gasteiger partial charge in [0.15, 0.2) is 0 Å². The van der Waals surface area contributed by atoms with Crippen LogP contribution in [-0.2, 0) is 4.74 Å². The number of aryl methyl sites for hydroxylation is 1. The number of carbonyl (C=O) groups is 1. The molecule has 0 saturated heterocycles. The molecule has 2 heterocycles. The van der Waals surface area contributed by atoms with Crippen LogP contribution in [0.3, 0.4) is 0 Å². The van der Waals surface area contributed by atoms with Crippen LogP contribution in [0.25, 0.3) is 33.3 Å². The van der Waals surface area contributed by atoms with E-state index in [1.807, 2.05) is 25.1 Å². The van der Waals surface area contributed by atoms with E-state index < -0.39 is 12.7 Å². The van der Waals surface area contributed by atoms with Crippen molar-refractivity contribution in [1.29, 1.82) is 0 Å². The summed E-state index contributed by atoms with van der Waals surface area (Å²) in [6.45, 7) is -0.546. The molecule has 0 aliphatic heterocycles. The molecule has 4 aromatic rings. The molecule has 2 aromatic heterocycles. The van der Waals surface area contributed by atoms with Gasteiger partial charge in [-0.25, -0.2) is 14.8 Å². The maximum Gasteiger partial charge on any atom is 0.406 e. The lowest BCUT2D eigenvalue weighted by molar-refractivity contribution is -0.0528. The number of carbonyl (C=O) groups excluding carboxylic acids is 1. The lowest BCUT2D eigenvalue weighted by Gasteiger charge is -2.07. The topological polar surface area (TPSA) is 95.7 Å². The van der Waals surface area contributed by atoms with Crippen LogP contribution in [0.1, 0.15) is 5.56 Å². The molecule has 1 N–H and O–H groups in total. The molecule has 166 valence electrons. The Bertz CT molecular complexity index is 1280. The second-order valence-electron chi connectivity index (χ2n) is 6.84. The van der Waals surface area contributed by atoms with Gasteiger partial charge in [0.05, 0.1) is 30.9 Å². The summed E-state index contributed by atoms with van der Waals surface area (Å²) in [4.78, 5) is 19.5. The van der Waals surface area contributed by atoms with Crippen LogP contribution >= 0.6 is 0 Å². The molecular formula is C22H19F2N3O5. The highest BCUT2D eigenvalue weighted by molar-refractivity contribution is 5.94. The van der Waals surface area contributed by atoms with Crippen LogP contribution in [0, 0.1) is 6.92 Å². The zero-order valence-electron chi connectivity index (χ0n) is 17.2. The molecule has 8 nitrogen and oxygen atoms in total. The minimum absolute atomic E-state index is 0.253. The van der Waals surface area contributed by atoms with E-state index in [4.69, 9.17) is 9.15 Å². The van der Waals surface area contributed by atoms with Crippen molar-refractivity contribution in [2.24, 2.45) is 0 Å². The maximum atomic E-state index is 12.5. The van der Waals surface area contributed by atoms with Crippen molar-refractivity contribution < 1.29 is 32.2 Å². The molecule has 32 heavy (non-hydrogen) atoms. The minimum atomic E-state index is -2.98.